The third-order valence-corrected chi connectivity index (χ3v) is 0.574. The van der Waals surface area contributed by atoms with E-state index in [9.17, 15) is 14.4 Å². The van der Waals surface area contributed by atoms with Gasteiger partial charge in [0.1, 0.15) is 0 Å². The van der Waals surface area contributed by atoms with Crippen LogP contribution in [0, 0.1) is 23.0 Å². The van der Waals surface area contributed by atoms with Gasteiger partial charge in [0.25, 0.3) is 12.5 Å². The van der Waals surface area contributed by atoms with Crippen molar-refractivity contribution >= 4 is 6.08 Å². The molecule has 0 fully saturated rings. The Bertz CT molecular complexity index is 513. The molecule has 0 aliphatic rings. The predicted molar refractivity (Wildman–Crippen MR) is 49.4 cm³/mol. The van der Waals surface area contributed by atoms with Crippen molar-refractivity contribution in [2.45, 2.75) is 0 Å². The minimum atomic E-state index is -1.08. The standard InChI is InChI=1S/C3H3N3O3.2CHNO.CNO.3Y/c7-1-4-2(8)6-3(9)5-1;3*2-1-3;;;/h(H3,4,5,6,7,8,9);2*3H;;;;/q;;;-1;;;/p-3. The van der Waals surface area contributed by atoms with Crippen molar-refractivity contribution in [1.29, 1.82) is 10.5 Å². The Morgan fingerprint density at radius 1 is 0.810 bits per heavy atom. The summed E-state index contributed by atoms with van der Waals surface area (Å²) in [5.74, 6) is 0. The van der Waals surface area contributed by atoms with Crippen LogP contribution in [0.25, 0.3) is 5.41 Å². The third kappa shape index (κ3) is 45.1. The molecule has 0 aliphatic carbocycles. The second-order valence-electron chi connectivity index (χ2n) is 1.47. The molecular formula is C6H2N6O6Y3-4. The van der Waals surface area contributed by atoms with Crippen LogP contribution in [0.1, 0.15) is 0 Å². The maximum atomic E-state index is 10.0. The monoisotopic (exact) mass is 521 g/mol. The summed E-state index contributed by atoms with van der Waals surface area (Å²) in [5, 5.41) is 34.3. The van der Waals surface area contributed by atoms with Crippen molar-refractivity contribution in [2.24, 2.45) is 0 Å². The van der Waals surface area contributed by atoms with Gasteiger partial charge >= 0.3 is 0 Å². The summed E-state index contributed by atoms with van der Waals surface area (Å²) in [7, 11) is 0. The predicted octanol–water partition coefficient (Wildman–Crippen LogP) is -3.80. The maximum absolute atomic E-state index is 10.0. The number of hydrogen-bond acceptors (Lipinski definition) is 8. The molecule has 0 aromatic carbocycles. The Hall–Kier alpha value is -0.318. The van der Waals surface area contributed by atoms with Crippen LogP contribution >= 0.6 is 0 Å². The number of hydrogen-bond donors (Lipinski definition) is 2. The number of nitrogens with zero attached hydrogens (tertiary/aromatic N) is 6. The Kier molecular flexibility index (Phi) is 56.4. The molecule has 1 aromatic rings. The molecule has 1 rings (SSSR count). The van der Waals surface area contributed by atoms with Crippen LogP contribution in [-0.4, -0.2) is 16.3 Å². The van der Waals surface area contributed by atoms with Crippen LogP contribution in [0.2, 0.25) is 0 Å². The summed E-state index contributed by atoms with van der Waals surface area (Å²) < 4.78 is 0. The van der Waals surface area contributed by atoms with Crippen molar-refractivity contribution in [2.75, 3.05) is 0 Å². The van der Waals surface area contributed by atoms with Gasteiger partial charge in [-0.1, -0.05) is 0 Å². The van der Waals surface area contributed by atoms with Crippen LogP contribution in [-0.2, 0) is 103 Å². The van der Waals surface area contributed by atoms with E-state index in [4.69, 9.17) is 30.9 Å². The van der Waals surface area contributed by atoms with Crippen LogP contribution in [0.4, 0.5) is 0 Å². The minimum absolute atomic E-state index is 0. The molecular weight excluding hydrogens is 519 g/mol. The fraction of sp³-hybridized carbons (Fsp3) is 0. The molecule has 0 saturated heterocycles. The van der Waals surface area contributed by atoms with Crippen molar-refractivity contribution in [3.8, 4) is 12.5 Å². The van der Waals surface area contributed by atoms with Gasteiger partial charge in [-0.05, 0) is 23.1 Å². The van der Waals surface area contributed by atoms with E-state index in [2.05, 4.69) is 15.0 Å². The summed E-state index contributed by atoms with van der Waals surface area (Å²) in [6.07, 6.45) is 2.00. The first kappa shape index (κ1) is 37.2. The first-order chi connectivity index (χ1) is 8.42. The molecule has 2 N–H and O–H groups in total. The van der Waals surface area contributed by atoms with Crippen LogP contribution in [0.15, 0.2) is 14.4 Å². The van der Waals surface area contributed by atoms with Crippen LogP contribution in [0.5, 0.6) is 0 Å². The fourth-order valence-corrected chi connectivity index (χ4v) is 0.320. The number of aromatic nitrogens is 3. The largest absolute Gasteiger partial charge is 0.724 e. The van der Waals surface area contributed by atoms with E-state index in [0.717, 1.165) is 12.5 Å². The van der Waals surface area contributed by atoms with E-state index < -0.39 is 17.1 Å². The molecule has 0 spiro atoms. The minimum Gasteiger partial charge on any atom is -0.724 e. The van der Waals surface area contributed by atoms with Gasteiger partial charge in [0.2, 0.25) is 0 Å². The normalized spacial score (nSPS) is 5.05. The number of rotatable bonds is 0. The van der Waals surface area contributed by atoms with Crippen LogP contribution < -0.4 is 32.0 Å². The quantitative estimate of drug-likeness (QED) is 0.192. The molecule has 0 unspecified atom stereocenters. The van der Waals surface area contributed by atoms with Gasteiger partial charge < -0.3 is 45.0 Å². The van der Waals surface area contributed by atoms with Gasteiger partial charge in [0.05, 0.1) is 0 Å². The summed E-state index contributed by atoms with van der Waals surface area (Å²) >= 11 is 0. The van der Waals surface area contributed by atoms with Crippen molar-refractivity contribution in [3.05, 3.63) is 36.9 Å². The molecule has 1 aromatic heterocycles. The van der Waals surface area contributed by atoms with E-state index >= 15 is 0 Å². The van der Waals surface area contributed by atoms with E-state index in [-0.39, 0.29) is 98.1 Å². The molecule has 3 radical (unpaired) electrons. The Morgan fingerprint density at radius 3 is 1.00 bits per heavy atom. The molecule has 105 valence electrons. The van der Waals surface area contributed by atoms with Gasteiger partial charge in [-0.15, -0.1) is 0 Å². The molecule has 21 heavy (non-hydrogen) atoms. The number of nitriles is 2. The summed E-state index contributed by atoms with van der Waals surface area (Å²) in [6.45, 7) is 0. The summed E-state index contributed by atoms with van der Waals surface area (Å²) in [5.41, 5.74) is -3.25. The zero-order chi connectivity index (χ0) is 15.0. The summed E-state index contributed by atoms with van der Waals surface area (Å²) in [6, 6.07) is 0. The fourth-order valence-electron chi connectivity index (χ4n) is 0.320. The Labute approximate surface area is 191 Å². The molecule has 0 bridgehead atoms. The Morgan fingerprint density at radius 2 is 0.905 bits per heavy atom. The average molecular weight is 521 g/mol. The zero-order valence-corrected chi connectivity index (χ0v) is 18.5. The van der Waals surface area contributed by atoms with Gasteiger partial charge in [-0.2, -0.15) is 10.5 Å². The number of aliphatic hydroxyl groups is 2. The second-order valence-corrected chi connectivity index (χ2v) is 1.47. The summed E-state index contributed by atoms with van der Waals surface area (Å²) in [4.78, 5) is 46.5. The molecule has 0 amide bonds. The molecule has 15 heteroatoms. The van der Waals surface area contributed by atoms with Gasteiger partial charge in [0.15, 0.2) is 0 Å². The first-order valence-electron chi connectivity index (χ1n) is 3.28. The van der Waals surface area contributed by atoms with E-state index in [1.165, 1.54) is 0 Å². The molecule has 0 atom stereocenters. The SMILES string of the molecule is N#CO.N#CO.O=c1[n-]c(=O)[n-]c(=O)[n-]1.[N-]=C=O.[Y].[Y].[Y]. The first-order valence-corrected chi connectivity index (χ1v) is 3.28. The zero-order valence-electron chi connectivity index (χ0n) is 9.94. The smallest absolute Gasteiger partial charge is 0.283 e. The molecule has 1 heterocycles. The van der Waals surface area contributed by atoms with Crippen molar-refractivity contribution < 1.29 is 113 Å². The maximum Gasteiger partial charge on any atom is 0.283 e. The van der Waals surface area contributed by atoms with Gasteiger partial charge in [0, 0.05) is 98.1 Å². The van der Waals surface area contributed by atoms with Gasteiger partial charge in [-0.3, -0.25) is 4.79 Å². The second kappa shape index (κ2) is 31.9. The molecule has 12 nitrogen and oxygen atoms in total. The van der Waals surface area contributed by atoms with Crippen molar-refractivity contribution in [1.82, 2.24) is 15.0 Å². The molecule has 0 aliphatic heterocycles. The third-order valence-electron chi connectivity index (χ3n) is 0.574. The van der Waals surface area contributed by atoms with E-state index in [0.29, 0.717) is 6.08 Å². The van der Waals surface area contributed by atoms with E-state index in [1.807, 2.05) is 0 Å². The number of isocyanates is 1. The average Bonchev–Trinajstić information content (AvgIpc) is 2.18. The topological polar surface area (TPSA) is 221 Å². The number of aliphatic hydroxyl groups excluding tert-OH is 2. The molecule has 0 saturated carbocycles. The van der Waals surface area contributed by atoms with E-state index in [1.54, 1.807) is 0 Å². The Balaban J connectivity index is -0.0000000406. The number of carbonyl (C=O) groups excluding carboxylic acids is 1. The van der Waals surface area contributed by atoms with Crippen LogP contribution in [0.3, 0.4) is 0 Å². The van der Waals surface area contributed by atoms with Gasteiger partial charge in [-0.25, -0.2) is 0 Å². The van der Waals surface area contributed by atoms with Crippen molar-refractivity contribution in [3.63, 3.8) is 0 Å².